The van der Waals surface area contributed by atoms with Crippen LogP contribution in [0.25, 0.3) is 0 Å². The standard InChI is InChI=1S/C15H18N4/c1-10-5-6-13-12(8-10)4-3-7-19(13)15-9-14(16)17-11(2)18-15/h5-6,8-9H,3-4,7H2,1-2H3,(H2,16,17,18). The Bertz CT molecular complexity index is 601. The Balaban J connectivity index is 2.08. The number of benzene rings is 1. The van der Waals surface area contributed by atoms with Crippen molar-refractivity contribution in [2.45, 2.75) is 26.7 Å². The SMILES string of the molecule is Cc1ccc2c(c1)CCCN2c1cc(N)nc(C)n1. The molecule has 1 aliphatic rings. The Kier molecular flexibility index (Phi) is 2.85. The number of anilines is 3. The van der Waals surface area contributed by atoms with E-state index in [-0.39, 0.29) is 0 Å². The lowest BCUT2D eigenvalue weighted by atomic mass is 9.99. The molecule has 0 saturated carbocycles. The summed E-state index contributed by atoms with van der Waals surface area (Å²) in [7, 11) is 0. The number of rotatable bonds is 1. The summed E-state index contributed by atoms with van der Waals surface area (Å²) in [5, 5.41) is 0. The average Bonchev–Trinajstić information content (AvgIpc) is 2.36. The quantitative estimate of drug-likeness (QED) is 0.850. The Morgan fingerprint density at radius 2 is 2.00 bits per heavy atom. The molecule has 1 aromatic carbocycles. The van der Waals surface area contributed by atoms with Crippen LogP contribution in [0.15, 0.2) is 24.3 Å². The van der Waals surface area contributed by atoms with Gasteiger partial charge < -0.3 is 10.6 Å². The molecule has 4 heteroatoms. The second kappa shape index (κ2) is 4.53. The van der Waals surface area contributed by atoms with Crippen molar-refractivity contribution >= 4 is 17.3 Å². The fourth-order valence-corrected chi connectivity index (χ4v) is 2.68. The van der Waals surface area contributed by atoms with Crippen LogP contribution in [0.2, 0.25) is 0 Å². The molecule has 1 aliphatic heterocycles. The monoisotopic (exact) mass is 254 g/mol. The first-order valence-corrected chi connectivity index (χ1v) is 6.62. The van der Waals surface area contributed by atoms with Gasteiger partial charge in [-0.05, 0) is 38.3 Å². The zero-order chi connectivity index (χ0) is 13.4. The molecule has 19 heavy (non-hydrogen) atoms. The molecule has 0 atom stereocenters. The van der Waals surface area contributed by atoms with Crippen LogP contribution >= 0.6 is 0 Å². The van der Waals surface area contributed by atoms with Crippen LogP contribution in [0.5, 0.6) is 0 Å². The molecule has 0 saturated heterocycles. The molecule has 0 fully saturated rings. The number of hydrogen-bond acceptors (Lipinski definition) is 4. The fraction of sp³-hybridized carbons (Fsp3) is 0.333. The molecule has 0 spiro atoms. The van der Waals surface area contributed by atoms with Gasteiger partial charge in [0, 0.05) is 18.3 Å². The maximum absolute atomic E-state index is 5.83. The molecule has 3 rings (SSSR count). The van der Waals surface area contributed by atoms with Gasteiger partial charge in [0.15, 0.2) is 0 Å². The van der Waals surface area contributed by atoms with E-state index in [0.717, 1.165) is 25.2 Å². The van der Waals surface area contributed by atoms with Crippen molar-refractivity contribution in [1.82, 2.24) is 9.97 Å². The minimum Gasteiger partial charge on any atom is -0.384 e. The van der Waals surface area contributed by atoms with Crippen LogP contribution in [0.4, 0.5) is 17.3 Å². The molecule has 0 unspecified atom stereocenters. The highest BCUT2D eigenvalue weighted by Crippen LogP contribution is 2.33. The maximum Gasteiger partial charge on any atom is 0.138 e. The van der Waals surface area contributed by atoms with Crippen molar-refractivity contribution in [3.05, 3.63) is 41.2 Å². The van der Waals surface area contributed by atoms with Crippen LogP contribution < -0.4 is 10.6 Å². The van der Waals surface area contributed by atoms with Crippen LogP contribution in [0, 0.1) is 13.8 Å². The Morgan fingerprint density at radius 1 is 1.16 bits per heavy atom. The molecule has 0 aliphatic carbocycles. The van der Waals surface area contributed by atoms with E-state index < -0.39 is 0 Å². The zero-order valence-electron chi connectivity index (χ0n) is 11.3. The largest absolute Gasteiger partial charge is 0.384 e. The van der Waals surface area contributed by atoms with Gasteiger partial charge in [-0.1, -0.05) is 17.7 Å². The van der Waals surface area contributed by atoms with Crippen LogP contribution in [-0.4, -0.2) is 16.5 Å². The number of aryl methyl sites for hydroxylation is 3. The topological polar surface area (TPSA) is 55.0 Å². The number of hydrogen-bond donors (Lipinski definition) is 1. The van der Waals surface area contributed by atoms with E-state index in [0.29, 0.717) is 11.6 Å². The van der Waals surface area contributed by atoms with Gasteiger partial charge in [-0.25, -0.2) is 9.97 Å². The predicted octanol–water partition coefficient (Wildman–Crippen LogP) is 2.76. The molecule has 0 radical (unpaired) electrons. The zero-order valence-corrected chi connectivity index (χ0v) is 11.3. The highest BCUT2D eigenvalue weighted by molar-refractivity contribution is 5.67. The Hall–Kier alpha value is -2.10. The van der Waals surface area contributed by atoms with E-state index in [1.54, 1.807) is 0 Å². The average molecular weight is 254 g/mol. The molecule has 1 aromatic heterocycles. The number of aromatic nitrogens is 2. The summed E-state index contributed by atoms with van der Waals surface area (Å²) < 4.78 is 0. The van der Waals surface area contributed by atoms with E-state index in [1.807, 2.05) is 13.0 Å². The fourth-order valence-electron chi connectivity index (χ4n) is 2.68. The molecule has 0 bridgehead atoms. The normalized spacial score (nSPS) is 14.3. The van der Waals surface area contributed by atoms with Crippen molar-refractivity contribution in [1.29, 1.82) is 0 Å². The lowest BCUT2D eigenvalue weighted by Gasteiger charge is -2.30. The smallest absolute Gasteiger partial charge is 0.138 e. The van der Waals surface area contributed by atoms with Gasteiger partial charge >= 0.3 is 0 Å². The van der Waals surface area contributed by atoms with Crippen molar-refractivity contribution < 1.29 is 0 Å². The Morgan fingerprint density at radius 3 is 2.79 bits per heavy atom. The third-order valence-electron chi connectivity index (χ3n) is 3.47. The van der Waals surface area contributed by atoms with Gasteiger partial charge in [0.2, 0.25) is 0 Å². The predicted molar refractivity (Wildman–Crippen MR) is 77.7 cm³/mol. The lowest BCUT2D eigenvalue weighted by Crippen LogP contribution is -2.25. The van der Waals surface area contributed by atoms with Gasteiger partial charge in [-0.15, -0.1) is 0 Å². The summed E-state index contributed by atoms with van der Waals surface area (Å²) in [6.07, 6.45) is 2.27. The number of nitrogens with two attached hydrogens (primary N) is 1. The highest BCUT2D eigenvalue weighted by Gasteiger charge is 2.19. The van der Waals surface area contributed by atoms with E-state index >= 15 is 0 Å². The number of fused-ring (bicyclic) bond motifs is 1. The van der Waals surface area contributed by atoms with Gasteiger partial charge in [-0.2, -0.15) is 0 Å². The maximum atomic E-state index is 5.83. The van der Waals surface area contributed by atoms with E-state index in [2.05, 4.69) is 40.0 Å². The van der Waals surface area contributed by atoms with E-state index in [1.165, 1.54) is 16.8 Å². The highest BCUT2D eigenvalue weighted by atomic mass is 15.2. The van der Waals surface area contributed by atoms with Gasteiger partial charge in [0.05, 0.1) is 0 Å². The minimum absolute atomic E-state index is 0.529. The van der Waals surface area contributed by atoms with E-state index in [4.69, 9.17) is 5.73 Å². The molecule has 0 amide bonds. The van der Waals surface area contributed by atoms with Crippen LogP contribution in [-0.2, 0) is 6.42 Å². The van der Waals surface area contributed by atoms with Gasteiger partial charge in [0.1, 0.15) is 17.5 Å². The van der Waals surface area contributed by atoms with Crippen LogP contribution in [0.1, 0.15) is 23.4 Å². The van der Waals surface area contributed by atoms with Crippen LogP contribution in [0.3, 0.4) is 0 Å². The molecule has 2 heterocycles. The summed E-state index contributed by atoms with van der Waals surface area (Å²) in [6, 6.07) is 8.44. The third-order valence-corrected chi connectivity index (χ3v) is 3.47. The molecular formula is C15H18N4. The van der Waals surface area contributed by atoms with E-state index in [9.17, 15) is 0 Å². The second-order valence-electron chi connectivity index (χ2n) is 5.09. The first-order chi connectivity index (χ1) is 9.13. The number of nitrogens with zero attached hydrogens (tertiary/aromatic N) is 3. The van der Waals surface area contributed by atoms with Crippen molar-refractivity contribution in [3.8, 4) is 0 Å². The van der Waals surface area contributed by atoms with Crippen molar-refractivity contribution in [2.75, 3.05) is 17.2 Å². The Labute approximate surface area is 113 Å². The molecule has 2 aromatic rings. The molecule has 2 N–H and O–H groups in total. The first-order valence-electron chi connectivity index (χ1n) is 6.62. The van der Waals surface area contributed by atoms with Crippen molar-refractivity contribution in [3.63, 3.8) is 0 Å². The first kappa shape index (κ1) is 12.0. The summed E-state index contributed by atoms with van der Waals surface area (Å²) in [6.45, 7) is 4.98. The molecule has 4 nitrogen and oxygen atoms in total. The summed E-state index contributed by atoms with van der Waals surface area (Å²) >= 11 is 0. The minimum atomic E-state index is 0.529. The lowest BCUT2D eigenvalue weighted by molar-refractivity contribution is 0.756. The molecular weight excluding hydrogens is 236 g/mol. The third kappa shape index (κ3) is 2.26. The van der Waals surface area contributed by atoms with Gasteiger partial charge in [-0.3, -0.25) is 0 Å². The summed E-state index contributed by atoms with van der Waals surface area (Å²) in [4.78, 5) is 10.9. The number of nitrogen functional groups attached to an aromatic ring is 1. The molecule has 98 valence electrons. The summed E-state index contributed by atoms with van der Waals surface area (Å²) in [5.74, 6) is 2.14. The van der Waals surface area contributed by atoms with Gasteiger partial charge in [0.25, 0.3) is 0 Å². The second-order valence-corrected chi connectivity index (χ2v) is 5.09. The van der Waals surface area contributed by atoms with Crippen molar-refractivity contribution in [2.24, 2.45) is 0 Å². The summed E-state index contributed by atoms with van der Waals surface area (Å²) in [5.41, 5.74) is 9.77.